The zero-order valence-electron chi connectivity index (χ0n) is 10.1. The van der Waals surface area contributed by atoms with Crippen molar-refractivity contribution in [3.8, 4) is 0 Å². The zero-order valence-corrected chi connectivity index (χ0v) is 12.3. The van der Waals surface area contributed by atoms with Crippen LogP contribution >= 0.6 is 22.6 Å². The van der Waals surface area contributed by atoms with Gasteiger partial charge < -0.3 is 4.74 Å². The highest BCUT2D eigenvalue weighted by atomic mass is 127. The van der Waals surface area contributed by atoms with Crippen molar-refractivity contribution in [1.82, 2.24) is 9.13 Å². The fourth-order valence-corrected chi connectivity index (χ4v) is 2.19. The lowest BCUT2D eigenvalue weighted by Crippen LogP contribution is -2.40. The number of methoxy groups -OCH3 is 1. The number of aryl methyl sites for hydroxylation is 1. The molecule has 0 saturated heterocycles. The van der Waals surface area contributed by atoms with Gasteiger partial charge in [0.25, 0.3) is 5.56 Å². The topological polar surface area (TPSA) is 53.2 Å². The first-order valence-corrected chi connectivity index (χ1v) is 6.68. The minimum absolute atomic E-state index is 0.197. The van der Waals surface area contributed by atoms with E-state index in [9.17, 15) is 9.59 Å². The van der Waals surface area contributed by atoms with Crippen molar-refractivity contribution in [3.63, 3.8) is 0 Å². The molecule has 0 aliphatic rings. The molecule has 0 unspecified atom stereocenters. The third-order valence-electron chi connectivity index (χ3n) is 2.52. The molecule has 0 N–H and O–H groups in total. The van der Waals surface area contributed by atoms with Crippen molar-refractivity contribution >= 4 is 22.6 Å². The predicted molar refractivity (Wildman–Crippen MR) is 74.5 cm³/mol. The average molecular weight is 352 g/mol. The van der Waals surface area contributed by atoms with Crippen LogP contribution in [0.3, 0.4) is 0 Å². The van der Waals surface area contributed by atoms with E-state index in [1.165, 1.54) is 4.57 Å². The van der Waals surface area contributed by atoms with Gasteiger partial charge in [-0.2, -0.15) is 0 Å². The number of aromatic nitrogens is 2. The Morgan fingerprint density at radius 3 is 2.65 bits per heavy atom. The van der Waals surface area contributed by atoms with Crippen molar-refractivity contribution in [2.24, 2.45) is 0 Å². The van der Waals surface area contributed by atoms with Gasteiger partial charge in [0, 0.05) is 33.0 Å². The molecule has 1 aromatic heterocycles. The molecule has 1 aromatic rings. The number of rotatable bonds is 6. The van der Waals surface area contributed by atoms with Crippen LogP contribution < -0.4 is 11.2 Å². The average Bonchev–Trinajstić information content (AvgIpc) is 2.33. The van der Waals surface area contributed by atoms with Gasteiger partial charge in [0.15, 0.2) is 0 Å². The maximum Gasteiger partial charge on any atom is 0.331 e. The number of ether oxygens (including phenoxy) is 1. The molecule has 6 heteroatoms. The summed E-state index contributed by atoms with van der Waals surface area (Å²) in [7, 11) is 1.64. The molecule has 0 fully saturated rings. The Kier molecular flexibility index (Phi) is 5.90. The molecule has 17 heavy (non-hydrogen) atoms. The molecular weight excluding hydrogens is 335 g/mol. The molecule has 0 bridgehead atoms. The van der Waals surface area contributed by atoms with Gasteiger partial charge >= 0.3 is 5.69 Å². The smallest absolute Gasteiger partial charge is 0.331 e. The lowest BCUT2D eigenvalue weighted by atomic mass is 10.3. The van der Waals surface area contributed by atoms with E-state index in [1.54, 1.807) is 17.9 Å². The molecule has 0 aliphatic heterocycles. The summed E-state index contributed by atoms with van der Waals surface area (Å²) in [6.45, 7) is 3.57. The summed E-state index contributed by atoms with van der Waals surface area (Å²) in [6, 6.07) is 0. The summed E-state index contributed by atoms with van der Waals surface area (Å²) in [5.74, 6) is 0. The molecule has 0 spiro atoms. The fourth-order valence-electron chi connectivity index (χ4n) is 1.56. The molecule has 0 aliphatic carbocycles. The molecule has 0 amide bonds. The van der Waals surface area contributed by atoms with Crippen LogP contribution in [0.2, 0.25) is 0 Å². The second-order valence-electron chi connectivity index (χ2n) is 3.70. The number of unbranched alkanes of at least 4 members (excludes halogenated alkanes) is 1. The van der Waals surface area contributed by atoms with Crippen LogP contribution in [0.15, 0.2) is 15.8 Å². The van der Waals surface area contributed by atoms with Crippen molar-refractivity contribution < 1.29 is 4.74 Å². The van der Waals surface area contributed by atoms with E-state index in [-0.39, 0.29) is 11.2 Å². The number of halogens is 1. The molecule has 0 aromatic carbocycles. The van der Waals surface area contributed by atoms with E-state index in [0.29, 0.717) is 23.3 Å². The van der Waals surface area contributed by atoms with E-state index in [0.717, 1.165) is 12.8 Å². The van der Waals surface area contributed by atoms with Crippen LogP contribution in [0, 0.1) is 3.57 Å². The molecule has 96 valence electrons. The molecule has 0 radical (unpaired) electrons. The van der Waals surface area contributed by atoms with Gasteiger partial charge in [0.1, 0.15) is 0 Å². The highest BCUT2D eigenvalue weighted by molar-refractivity contribution is 14.1. The fraction of sp³-hybridized carbons (Fsp3) is 0.636. The summed E-state index contributed by atoms with van der Waals surface area (Å²) in [5.41, 5.74) is -0.423. The Morgan fingerprint density at radius 1 is 1.35 bits per heavy atom. The summed E-state index contributed by atoms with van der Waals surface area (Å²) in [4.78, 5) is 23.8. The molecule has 0 saturated carbocycles. The summed E-state index contributed by atoms with van der Waals surface area (Å²) >= 11 is 1.97. The molecule has 1 rings (SSSR count). The van der Waals surface area contributed by atoms with E-state index in [1.807, 2.05) is 29.5 Å². The monoisotopic (exact) mass is 352 g/mol. The standard InChI is InChI=1S/C11H17IN2O3/c1-3-13-8-9(12)10(15)14(11(13)16)6-4-5-7-17-2/h8H,3-7H2,1-2H3. The van der Waals surface area contributed by atoms with E-state index in [4.69, 9.17) is 4.74 Å². The Morgan fingerprint density at radius 2 is 2.06 bits per heavy atom. The quantitative estimate of drug-likeness (QED) is 0.568. The Balaban J connectivity index is 2.94. The SMILES string of the molecule is CCn1cc(I)c(=O)n(CCCCOC)c1=O. The van der Waals surface area contributed by atoms with Crippen LogP contribution in [-0.4, -0.2) is 22.9 Å². The van der Waals surface area contributed by atoms with E-state index in [2.05, 4.69) is 0 Å². The summed E-state index contributed by atoms with van der Waals surface area (Å²) < 4.78 is 8.38. The molecule has 1 heterocycles. The van der Waals surface area contributed by atoms with Crippen LogP contribution in [-0.2, 0) is 17.8 Å². The minimum Gasteiger partial charge on any atom is -0.385 e. The molecule has 0 atom stereocenters. The first kappa shape index (κ1) is 14.4. The highest BCUT2D eigenvalue weighted by Gasteiger charge is 2.08. The van der Waals surface area contributed by atoms with Gasteiger partial charge in [0.2, 0.25) is 0 Å². The number of hydrogen-bond acceptors (Lipinski definition) is 3. The largest absolute Gasteiger partial charge is 0.385 e. The van der Waals surface area contributed by atoms with Crippen molar-refractivity contribution in [1.29, 1.82) is 0 Å². The third-order valence-corrected chi connectivity index (χ3v) is 3.26. The van der Waals surface area contributed by atoms with Gasteiger partial charge in [-0.05, 0) is 42.4 Å². The van der Waals surface area contributed by atoms with Crippen LogP contribution in [0.1, 0.15) is 19.8 Å². The van der Waals surface area contributed by atoms with Crippen molar-refractivity contribution in [2.45, 2.75) is 32.9 Å². The Hall–Kier alpha value is -0.630. The zero-order chi connectivity index (χ0) is 12.8. The van der Waals surface area contributed by atoms with Crippen LogP contribution in [0.4, 0.5) is 0 Å². The third kappa shape index (κ3) is 3.67. The van der Waals surface area contributed by atoms with Gasteiger partial charge in [-0.15, -0.1) is 0 Å². The van der Waals surface area contributed by atoms with E-state index < -0.39 is 0 Å². The Bertz CT molecular complexity index is 479. The highest BCUT2D eigenvalue weighted by Crippen LogP contribution is 1.96. The minimum atomic E-state index is -0.227. The second kappa shape index (κ2) is 6.95. The maximum absolute atomic E-state index is 11.9. The van der Waals surface area contributed by atoms with Crippen molar-refractivity contribution in [2.75, 3.05) is 13.7 Å². The van der Waals surface area contributed by atoms with Crippen LogP contribution in [0.5, 0.6) is 0 Å². The number of hydrogen-bond donors (Lipinski definition) is 0. The molecular formula is C11H17IN2O3. The summed E-state index contributed by atoms with van der Waals surface area (Å²) in [5, 5.41) is 0. The van der Waals surface area contributed by atoms with E-state index >= 15 is 0 Å². The lowest BCUT2D eigenvalue weighted by Gasteiger charge is -2.09. The van der Waals surface area contributed by atoms with Gasteiger partial charge in [-0.1, -0.05) is 0 Å². The predicted octanol–water partition coefficient (Wildman–Crippen LogP) is 1.06. The molecule has 5 nitrogen and oxygen atoms in total. The lowest BCUT2D eigenvalue weighted by molar-refractivity contribution is 0.191. The van der Waals surface area contributed by atoms with Crippen LogP contribution in [0.25, 0.3) is 0 Å². The van der Waals surface area contributed by atoms with Gasteiger partial charge in [0.05, 0.1) is 3.57 Å². The van der Waals surface area contributed by atoms with Gasteiger partial charge in [-0.25, -0.2) is 4.79 Å². The Labute approximate surface area is 114 Å². The first-order valence-electron chi connectivity index (χ1n) is 5.60. The summed E-state index contributed by atoms with van der Waals surface area (Å²) in [6.07, 6.45) is 3.23. The normalized spacial score (nSPS) is 10.8. The van der Waals surface area contributed by atoms with Crippen molar-refractivity contribution in [3.05, 3.63) is 30.6 Å². The van der Waals surface area contributed by atoms with Gasteiger partial charge in [-0.3, -0.25) is 13.9 Å². The maximum atomic E-state index is 11.9. The second-order valence-corrected chi connectivity index (χ2v) is 4.86. The number of nitrogens with zero attached hydrogens (tertiary/aromatic N) is 2. The first-order chi connectivity index (χ1) is 8.11.